The topological polar surface area (TPSA) is 70.7 Å². The van der Waals surface area contributed by atoms with E-state index in [4.69, 9.17) is 23.2 Å². The first kappa shape index (κ1) is 18.0. The number of fused-ring (bicyclic) bond motifs is 1. The van der Waals surface area contributed by atoms with Crippen LogP contribution in [0.5, 0.6) is 0 Å². The second-order valence-corrected chi connectivity index (χ2v) is 7.63. The molecule has 4 rings (SSSR count). The van der Waals surface area contributed by atoms with Gasteiger partial charge in [-0.15, -0.1) is 5.10 Å². The molecule has 136 valence electrons. The lowest BCUT2D eigenvalue weighted by Gasteiger charge is -2.19. The Bertz CT molecular complexity index is 1090. The van der Waals surface area contributed by atoms with Crippen molar-refractivity contribution in [3.63, 3.8) is 0 Å². The minimum Gasteiger partial charge on any atom is -0.361 e. The third-order valence-electron chi connectivity index (χ3n) is 4.39. The van der Waals surface area contributed by atoms with Gasteiger partial charge in [-0.05, 0) is 40.9 Å². The molecule has 1 unspecified atom stereocenters. The van der Waals surface area contributed by atoms with Crippen LogP contribution in [0.15, 0.2) is 54.9 Å². The van der Waals surface area contributed by atoms with Gasteiger partial charge in [-0.2, -0.15) is 0 Å². The molecule has 1 atom stereocenters. The van der Waals surface area contributed by atoms with Crippen LogP contribution in [0.2, 0.25) is 10.0 Å². The molecule has 4 aromatic rings. The summed E-state index contributed by atoms with van der Waals surface area (Å²) >= 11 is 13.6. The SMILES string of the molecule is O=C(NCC(c1ccc(Cl)cc1Cl)c1c[nH]c2ccccc12)c1cnns1. The number of para-hydroxylation sites is 1. The molecule has 0 bridgehead atoms. The molecular formula is C19H14Cl2N4OS. The first-order valence-corrected chi connectivity index (χ1v) is 9.73. The van der Waals surface area contributed by atoms with Crippen molar-refractivity contribution >= 4 is 51.5 Å². The second-order valence-electron chi connectivity index (χ2n) is 6.00. The highest BCUT2D eigenvalue weighted by Crippen LogP contribution is 2.35. The van der Waals surface area contributed by atoms with E-state index in [0.29, 0.717) is 21.5 Å². The zero-order valence-electron chi connectivity index (χ0n) is 13.9. The summed E-state index contributed by atoms with van der Waals surface area (Å²) in [5, 5.41) is 8.89. The summed E-state index contributed by atoms with van der Waals surface area (Å²) in [6.07, 6.45) is 3.41. The fourth-order valence-electron chi connectivity index (χ4n) is 3.10. The number of aromatic nitrogens is 3. The average molecular weight is 417 g/mol. The Labute approximate surface area is 169 Å². The van der Waals surface area contributed by atoms with Crippen LogP contribution in [0.4, 0.5) is 0 Å². The van der Waals surface area contributed by atoms with E-state index >= 15 is 0 Å². The monoisotopic (exact) mass is 416 g/mol. The molecule has 0 aliphatic carbocycles. The fraction of sp³-hybridized carbons (Fsp3) is 0.105. The molecular weight excluding hydrogens is 403 g/mol. The quantitative estimate of drug-likeness (QED) is 0.486. The highest BCUT2D eigenvalue weighted by molar-refractivity contribution is 7.07. The van der Waals surface area contributed by atoms with E-state index in [0.717, 1.165) is 33.6 Å². The molecule has 2 aromatic carbocycles. The lowest BCUT2D eigenvalue weighted by atomic mass is 9.90. The first-order valence-electron chi connectivity index (χ1n) is 8.20. The Morgan fingerprint density at radius 2 is 2.04 bits per heavy atom. The molecule has 0 fully saturated rings. The zero-order chi connectivity index (χ0) is 18.8. The number of carbonyl (C=O) groups is 1. The van der Waals surface area contributed by atoms with E-state index in [9.17, 15) is 4.79 Å². The van der Waals surface area contributed by atoms with E-state index in [2.05, 4.69) is 19.9 Å². The Morgan fingerprint density at radius 3 is 2.81 bits per heavy atom. The van der Waals surface area contributed by atoms with Crippen LogP contribution in [-0.4, -0.2) is 27.0 Å². The van der Waals surface area contributed by atoms with Crippen molar-refractivity contribution in [1.29, 1.82) is 0 Å². The summed E-state index contributed by atoms with van der Waals surface area (Å²) in [6, 6.07) is 13.5. The average Bonchev–Trinajstić information content (AvgIpc) is 3.33. The third kappa shape index (κ3) is 3.69. The number of hydrogen-bond acceptors (Lipinski definition) is 4. The number of nitrogens with one attached hydrogen (secondary N) is 2. The molecule has 0 aliphatic rings. The number of benzene rings is 2. The van der Waals surface area contributed by atoms with Crippen molar-refractivity contribution in [2.45, 2.75) is 5.92 Å². The van der Waals surface area contributed by atoms with Crippen molar-refractivity contribution in [2.75, 3.05) is 6.54 Å². The summed E-state index contributed by atoms with van der Waals surface area (Å²) in [5.41, 5.74) is 2.98. The van der Waals surface area contributed by atoms with Gasteiger partial charge in [0.05, 0.1) is 6.20 Å². The van der Waals surface area contributed by atoms with Crippen LogP contribution >= 0.6 is 34.7 Å². The molecule has 2 N–H and O–H groups in total. The fourth-order valence-corrected chi connectivity index (χ4v) is 4.07. The van der Waals surface area contributed by atoms with Gasteiger partial charge in [0, 0.05) is 39.6 Å². The van der Waals surface area contributed by atoms with Crippen LogP contribution in [0, 0.1) is 0 Å². The molecule has 8 heteroatoms. The lowest BCUT2D eigenvalue weighted by Crippen LogP contribution is -2.28. The Balaban J connectivity index is 1.72. The Kier molecular flexibility index (Phi) is 5.11. The van der Waals surface area contributed by atoms with Crippen molar-refractivity contribution in [1.82, 2.24) is 19.9 Å². The number of halogens is 2. The van der Waals surface area contributed by atoms with Crippen molar-refractivity contribution < 1.29 is 4.79 Å². The molecule has 27 heavy (non-hydrogen) atoms. The summed E-state index contributed by atoms with van der Waals surface area (Å²) in [6.45, 7) is 0.375. The summed E-state index contributed by atoms with van der Waals surface area (Å²) in [7, 11) is 0. The van der Waals surface area contributed by atoms with E-state index in [1.165, 1.54) is 6.20 Å². The molecule has 5 nitrogen and oxygen atoms in total. The second kappa shape index (κ2) is 7.68. The smallest absolute Gasteiger partial charge is 0.264 e. The van der Waals surface area contributed by atoms with Gasteiger partial charge in [-0.1, -0.05) is 52.0 Å². The normalized spacial score (nSPS) is 12.2. The summed E-state index contributed by atoms with van der Waals surface area (Å²) in [5.74, 6) is -0.351. The number of carbonyl (C=O) groups excluding carboxylic acids is 1. The Hall–Kier alpha value is -2.41. The minimum absolute atomic E-state index is 0.143. The van der Waals surface area contributed by atoms with E-state index in [1.807, 2.05) is 36.5 Å². The molecule has 0 aliphatic heterocycles. The lowest BCUT2D eigenvalue weighted by molar-refractivity contribution is 0.0956. The highest BCUT2D eigenvalue weighted by Gasteiger charge is 2.22. The van der Waals surface area contributed by atoms with Gasteiger partial charge in [0.2, 0.25) is 0 Å². The van der Waals surface area contributed by atoms with Gasteiger partial charge < -0.3 is 10.3 Å². The van der Waals surface area contributed by atoms with Gasteiger partial charge in [0.15, 0.2) is 0 Å². The predicted molar refractivity (Wildman–Crippen MR) is 109 cm³/mol. The van der Waals surface area contributed by atoms with Crippen LogP contribution in [0.25, 0.3) is 10.9 Å². The molecule has 1 amide bonds. The number of hydrogen-bond donors (Lipinski definition) is 2. The third-order valence-corrected chi connectivity index (χ3v) is 5.61. The van der Waals surface area contributed by atoms with Gasteiger partial charge in [0.25, 0.3) is 5.91 Å². The minimum atomic E-state index is -0.208. The number of nitrogens with zero attached hydrogens (tertiary/aromatic N) is 2. The predicted octanol–water partition coefficient (Wildman–Crippen LogP) is 4.89. The van der Waals surface area contributed by atoms with E-state index in [1.54, 1.807) is 12.1 Å². The molecule has 0 radical (unpaired) electrons. The zero-order valence-corrected chi connectivity index (χ0v) is 16.3. The van der Waals surface area contributed by atoms with Crippen molar-refractivity contribution in [2.24, 2.45) is 0 Å². The highest BCUT2D eigenvalue weighted by atomic mass is 35.5. The first-order chi connectivity index (χ1) is 13.1. The molecule has 0 saturated heterocycles. The number of amides is 1. The van der Waals surface area contributed by atoms with Crippen LogP contribution in [0.3, 0.4) is 0 Å². The Morgan fingerprint density at radius 1 is 1.19 bits per heavy atom. The van der Waals surface area contributed by atoms with E-state index < -0.39 is 0 Å². The largest absolute Gasteiger partial charge is 0.361 e. The van der Waals surface area contributed by atoms with Gasteiger partial charge in [-0.25, -0.2) is 0 Å². The number of H-pyrrole nitrogens is 1. The van der Waals surface area contributed by atoms with Gasteiger partial charge in [-0.3, -0.25) is 4.79 Å². The van der Waals surface area contributed by atoms with Crippen molar-refractivity contribution in [3.8, 4) is 0 Å². The molecule has 0 saturated carbocycles. The maximum absolute atomic E-state index is 12.4. The maximum Gasteiger partial charge on any atom is 0.264 e. The maximum atomic E-state index is 12.4. The molecule has 2 aromatic heterocycles. The number of rotatable bonds is 5. The molecule has 2 heterocycles. The standard InChI is InChI=1S/C19H14Cl2N4OS/c20-11-5-6-12(16(21)7-11)14(9-23-19(26)18-10-24-25-27-18)15-8-22-17-4-2-1-3-13(15)17/h1-8,10,14,22H,9H2,(H,23,26). The summed E-state index contributed by atoms with van der Waals surface area (Å²) < 4.78 is 3.73. The van der Waals surface area contributed by atoms with Crippen LogP contribution in [-0.2, 0) is 0 Å². The number of aromatic amines is 1. The van der Waals surface area contributed by atoms with E-state index in [-0.39, 0.29) is 11.8 Å². The van der Waals surface area contributed by atoms with Crippen molar-refractivity contribution in [3.05, 3.63) is 80.9 Å². The van der Waals surface area contributed by atoms with Crippen LogP contribution < -0.4 is 5.32 Å². The van der Waals surface area contributed by atoms with Crippen LogP contribution in [0.1, 0.15) is 26.7 Å². The van der Waals surface area contributed by atoms with Gasteiger partial charge >= 0.3 is 0 Å². The summed E-state index contributed by atoms with van der Waals surface area (Å²) in [4.78, 5) is 16.1. The molecule has 0 spiro atoms. The van der Waals surface area contributed by atoms with Gasteiger partial charge in [0.1, 0.15) is 4.88 Å².